The number of ether oxygens (including phenoxy) is 1. The van der Waals surface area contributed by atoms with Crippen LogP contribution in [0.5, 0.6) is 5.75 Å². The fourth-order valence-corrected chi connectivity index (χ4v) is 4.54. The molecule has 154 valence electrons. The summed E-state index contributed by atoms with van der Waals surface area (Å²) >= 11 is 6.30. The molecule has 1 aliphatic carbocycles. The Balaban J connectivity index is 1.30. The van der Waals surface area contributed by atoms with Crippen LogP contribution in [0, 0.1) is 5.92 Å². The average molecular weight is 413 g/mol. The number of nitrogens with one attached hydrogen (secondary N) is 1. The molecule has 2 fully saturated rings. The Morgan fingerprint density at radius 1 is 1.03 bits per heavy atom. The molecule has 5 heteroatoms. The Labute approximate surface area is 178 Å². The molecular weight excluding hydrogens is 384 g/mol. The van der Waals surface area contributed by atoms with Gasteiger partial charge in [-0.3, -0.25) is 9.69 Å². The molecule has 1 atom stereocenters. The fraction of sp³-hybridized carbons (Fsp3) is 0.458. The maximum Gasteiger partial charge on any atom is 0.228 e. The summed E-state index contributed by atoms with van der Waals surface area (Å²) in [5.74, 6) is 0.984. The molecule has 0 radical (unpaired) electrons. The van der Waals surface area contributed by atoms with Crippen LogP contribution in [-0.4, -0.2) is 30.0 Å². The number of amides is 1. The van der Waals surface area contributed by atoms with Gasteiger partial charge in [0, 0.05) is 23.8 Å². The Bertz CT molecular complexity index is 818. The molecule has 2 aromatic rings. The highest BCUT2D eigenvalue weighted by molar-refractivity contribution is 6.31. The molecule has 2 aromatic carbocycles. The van der Waals surface area contributed by atoms with Gasteiger partial charge in [-0.25, -0.2) is 0 Å². The van der Waals surface area contributed by atoms with E-state index in [1.165, 1.54) is 12.8 Å². The highest BCUT2D eigenvalue weighted by Crippen LogP contribution is 2.26. The summed E-state index contributed by atoms with van der Waals surface area (Å²) in [5.41, 5.74) is 1.95. The van der Waals surface area contributed by atoms with Gasteiger partial charge in [-0.05, 0) is 81.0 Å². The summed E-state index contributed by atoms with van der Waals surface area (Å²) in [6, 6.07) is 15.7. The fourth-order valence-electron chi connectivity index (χ4n) is 4.34. The van der Waals surface area contributed by atoms with E-state index in [0.29, 0.717) is 6.10 Å². The van der Waals surface area contributed by atoms with Crippen molar-refractivity contribution in [3.8, 4) is 5.75 Å². The summed E-state index contributed by atoms with van der Waals surface area (Å²) in [4.78, 5) is 15.1. The second-order valence-electron chi connectivity index (χ2n) is 8.20. The first-order valence-electron chi connectivity index (χ1n) is 10.7. The van der Waals surface area contributed by atoms with E-state index in [9.17, 15) is 4.79 Å². The van der Waals surface area contributed by atoms with Crippen molar-refractivity contribution in [3.05, 3.63) is 59.1 Å². The SMILES string of the molecule is O=C(Nc1ccc(OC2CCCC2)cc1)[C@H]1CCCN(Cc2ccccc2Cl)C1. The van der Waals surface area contributed by atoms with Gasteiger partial charge in [-0.2, -0.15) is 0 Å². The van der Waals surface area contributed by atoms with E-state index in [0.717, 1.165) is 67.3 Å². The second kappa shape index (κ2) is 9.64. The lowest BCUT2D eigenvalue weighted by Crippen LogP contribution is -2.40. The Kier molecular flexibility index (Phi) is 6.73. The first-order valence-corrected chi connectivity index (χ1v) is 11.1. The molecule has 4 nitrogen and oxygen atoms in total. The van der Waals surface area contributed by atoms with E-state index in [2.05, 4.69) is 16.3 Å². The molecule has 4 rings (SSSR count). The third-order valence-corrected chi connectivity index (χ3v) is 6.32. The van der Waals surface area contributed by atoms with Crippen molar-refractivity contribution in [1.29, 1.82) is 0 Å². The summed E-state index contributed by atoms with van der Waals surface area (Å²) in [7, 11) is 0. The number of halogens is 1. The maximum atomic E-state index is 12.8. The molecule has 1 saturated heterocycles. The van der Waals surface area contributed by atoms with E-state index in [-0.39, 0.29) is 11.8 Å². The third kappa shape index (κ3) is 5.52. The van der Waals surface area contributed by atoms with Crippen LogP contribution in [-0.2, 0) is 11.3 Å². The van der Waals surface area contributed by atoms with Gasteiger partial charge in [0.05, 0.1) is 12.0 Å². The molecule has 1 amide bonds. The first kappa shape index (κ1) is 20.2. The third-order valence-electron chi connectivity index (χ3n) is 5.95. The molecule has 1 saturated carbocycles. The molecule has 29 heavy (non-hydrogen) atoms. The van der Waals surface area contributed by atoms with E-state index in [1.54, 1.807) is 0 Å². The molecule has 0 aromatic heterocycles. The smallest absolute Gasteiger partial charge is 0.228 e. The van der Waals surface area contributed by atoms with Crippen molar-refractivity contribution in [2.45, 2.75) is 51.2 Å². The molecule has 0 spiro atoms. The number of hydrogen-bond donors (Lipinski definition) is 1. The molecule has 1 heterocycles. The standard InChI is InChI=1S/C24H29ClN2O2/c25-23-10-4-1-6-18(23)16-27-15-5-7-19(17-27)24(28)26-20-11-13-22(14-12-20)29-21-8-2-3-9-21/h1,4,6,10-14,19,21H,2-3,5,7-9,15-17H2,(H,26,28)/t19-/m0/s1. The molecule has 1 N–H and O–H groups in total. The second-order valence-corrected chi connectivity index (χ2v) is 8.61. The molecule has 1 aliphatic heterocycles. The largest absolute Gasteiger partial charge is 0.490 e. The number of nitrogens with zero attached hydrogens (tertiary/aromatic N) is 1. The number of carbonyl (C=O) groups is 1. The van der Waals surface area contributed by atoms with Crippen LogP contribution in [0.4, 0.5) is 5.69 Å². The van der Waals surface area contributed by atoms with Crippen molar-refractivity contribution < 1.29 is 9.53 Å². The van der Waals surface area contributed by atoms with Gasteiger partial charge in [0.15, 0.2) is 0 Å². The highest BCUT2D eigenvalue weighted by Gasteiger charge is 2.26. The van der Waals surface area contributed by atoms with Crippen LogP contribution in [0.3, 0.4) is 0 Å². The predicted molar refractivity (Wildman–Crippen MR) is 117 cm³/mol. The average Bonchev–Trinajstić information content (AvgIpc) is 3.24. The predicted octanol–water partition coefficient (Wildman–Crippen LogP) is 5.51. The lowest BCUT2D eigenvalue weighted by molar-refractivity contribution is -0.121. The minimum absolute atomic E-state index is 0.000605. The first-order chi connectivity index (χ1) is 14.2. The number of piperidine rings is 1. The van der Waals surface area contributed by atoms with Crippen LogP contribution < -0.4 is 10.1 Å². The van der Waals surface area contributed by atoms with Gasteiger partial charge < -0.3 is 10.1 Å². The summed E-state index contributed by atoms with van der Waals surface area (Å²) < 4.78 is 6.00. The highest BCUT2D eigenvalue weighted by atomic mass is 35.5. The van der Waals surface area contributed by atoms with Gasteiger partial charge in [-0.1, -0.05) is 29.8 Å². The van der Waals surface area contributed by atoms with Crippen molar-refractivity contribution in [2.24, 2.45) is 5.92 Å². The number of rotatable bonds is 6. The number of benzene rings is 2. The zero-order valence-corrected chi connectivity index (χ0v) is 17.5. The van der Waals surface area contributed by atoms with Crippen molar-refractivity contribution in [3.63, 3.8) is 0 Å². The van der Waals surface area contributed by atoms with Gasteiger partial charge in [0.1, 0.15) is 5.75 Å². The Morgan fingerprint density at radius 3 is 2.55 bits per heavy atom. The lowest BCUT2D eigenvalue weighted by atomic mass is 9.96. The molecule has 2 aliphatic rings. The number of carbonyl (C=O) groups excluding carboxylic acids is 1. The van der Waals surface area contributed by atoms with Gasteiger partial charge in [-0.15, -0.1) is 0 Å². The molecular formula is C24H29ClN2O2. The summed E-state index contributed by atoms with van der Waals surface area (Å²) in [6.07, 6.45) is 7.10. The quantitative estimate of drug-likeness (QED) is 0.679. The molecule has 0 bridgehead atoms. The minimum Gasteiger partial charge on any atom is -0.490 e. The number of hydrogen-bond acceptors (Lipinski definition) is 3. The monoisotopic (exact) mass is 412 g/mol. The summed E-state index contributed by atoms with van der Waals surface area (Å²) in [5, 5.41) is 3.87. The molecule has 0 unspecified atom stereocenters. The number of anilines is 1. The normalized spacial score (nSPS) is 20.5. The van der Waals surface area contributed by atoms with Crippen LogP contribution in [0.25, 0.3) is 0 Å². The number of likely N-dealkylation sites (tertiary alicyclic amines) is 1. The van der Waals surface area contributed by atoms with Crippen molar-refractivity contribution in [1.82, 2.24) is 4.90 Å². The lowest BCUT2D eigenvalue weighted by Gasteiger charge is -2.32. The van der Waals surface area contributed by atoms with Gasteiger partial charge in [0.2, 0.25) is 5.91 Å². The Morgan fingerprint density at radius 2 is 1.79 bits per heavy atom. The van der Waals surface area contributed by atoms with E-state index in [4.69, 9.17) is 16.3 Å². The maximum absolute atomic E-state index is 12.8. The van der Waals surface area contributed by atoms with Gasteiger partial charge in [0.25, 0.3) is 0 Å². The van der Waals surface area contributed by atoms with Crippen LogP contribution in [0.1, 0.15) is 44.1 Å². The van der Waals surface area contributed by atoms with E-state index < -0.39 is 0 Å². The zero-order chi connectivity index (χ0) is 20.1. The van der Waals surface area contributed by atoms with Crippen molar-refractivity contribution >= 4 is 23.2 Å². The topological polar surface area (TPSA) is 41.6 Å². The van der Waals surface area contributed by atoms with Crippen LogP contribution in [0.2, 0.25) is 5.02 Å². The van der Waals surface area contributed by atoms with E-state index >= 15 is 0 Å². The van der Waals surface area contributed by atoms with Gasteiger partial charge >= 0.3 is 0 Å². The van der Waals surface area contributed by atoms with Crippen LogP contribution >= 0.6 is 11.6 Å². The Hall–Kier alpha value is -2.04. The zero-order valence-electron chi connectivity index (χ0n) is 16.8. The van der Waals surface area contributed by atoms with Crippen molar-refractivity contribution in [2.75, 3.05) is 18.4 Å². The summed E-state index contributed by atoms with van der Waals surface area (Å²) in [6.45, 7) is 2.55. The van der Waals surface area contributed by atoms with Crippen LogP contribution in [0.15, 0.2) is 48.5 Å². The minimum atomic E-state index is 0.000605. The van der Waals surface area contributed by atoms with E-state index in [1.807, 2.05) is 42.5 Å².